The van der Waals surface area contributed by atoms with Crippen LogP contribution < -0.4 is 10.1 Å². The van der Waals surface area contributed by atoms with Gasteiger partial charge in [0.05, 0.1) is 12.3 Å². The molecule has 4 heteroatoms. The largest absolute Gasteiger partial charge is 0.492 e. The number of hydrogen-bond acceptors (Lipinski definition) is 4. The van der Waals surface area contributed by atoms with E-state index in [1.165, 1.54) is 26.2 Å². The van der Waals surface area contributed by atoms with Gasteiger partial charge in [-0.15, -0.1) is 0 Å². The van der Waals surface area contributed by atoms with E-state index in [1.807, 2.05) is 25.1 Å². The number of benzene rings is 1. The number of piperazine rings is 1. The van der Waals surface area contributed by atoms with Crippen LogP contribution in [0.2, 0.25) is 0 Å². The molecule has 2 rings (SSSR count). The lowest BCUT2D eigenvalue weighted by Gasteiger charge is -2.32. The van der Waals surface area contributed by atoms with Gasteiger partial charge in [0, 0.05) is 39.3 Å². The smallest absolute Gasteiger partial charge is 0.142 e. The molecule has 4 nitrogen and oxygen atoms in total. The van der Waals surface area contributed by atoms with Crippen molar-refractivity contribution in [3.8, 4) is 5.75 Å². The molecule has 1 fully saturated rings. The summed E-state index contributed by atoms with van der Waals surface area (Å²) in [5.41, 5.74) is 1.10. The highest BCUT2D eigenvalue weighted by Gasteiger charge is 2.12. The van der Waals surface area contributed by atoms with Crippen molar-refractivity contribution in [3.05, 3.63) is 24.3 Å². The predicted molar refractivity (Wildman–Crippen MR) is 80.0 cm³/mol. The van der Waals surface area contributed by atoms with Crippen molar-refractivity contribution in [2.45, 2.75) is 6.92 Å². The molecular weight excluding hydrogens is 238 g/mol. The van der Waals surface area contributed by atoms with Crippen molar-refractivity contribution in [2.75, 3.05) is 58.2 Å². The summed E-state index contributed by atoms with van der Waals surface area (Å²) in [4.78, 5) is 4.89. The summed E-state index contributed by atoms with van der Waals surface area (Å²) in [6.07, 6.45) is 0. The van der Waals surface area contributed by atoms with Crippen LogP contribution in [0, 0.1) is 0 Å². The summed E-state index contributed by atoms with van der Waals surface area (Å²) < 4.78 is 5.61. The zero-order valence-corrected chi connectivity index (χ0v) is 12.1. The molecule has 0 amide bonds. The molecule has 1 aliphatic rings. The van der Waals surface area contributed by atoms with Crippen molar-refractivity contribution in [1.82, 2.24) is 9.80 Å². The lowest BCUT2D eigenvalue weighted by Crippen LogP contribution is -2.45. The molecule has 1 heterocycles. The van der Waals surface area contributed by atoms with Gasteiger partial charge in [-0.25, -0.2) is 0 Å². The highest BCUT2D eigenvalue weighted by molar-refractivity contribution is 5.56. The normalized spacial score (nSPS) is 17.4. The van der Waals surface area contributed by atoms with Gasteiger partial charge in [-0.2, -0.15) is 0 Å². The quantitative estimate of drug-likeness (QED) is 0.846. The molecule has 0 saturated carbocycles. The van der Waals surface area contributed by atoms with Crippen LogP contribution >= 0.6 is 0 Å². The Labute approximate surface area is 116 Å². The van der Waals surface area contributed by atoms with Crippen LogP contribution in [0.15, 0.2) is 24.3 Å². The highest BCUT2D eigenvalue weighted by Crippen LogP contribution is 2.23. The van der Waals surface area contributed by atoms with Crippen molar-refractivity contribution >= 4 is 5.69 Å². The van der Waals surface area contributed by atoms with E-state index in [9.17, 15) is 0 Å². The van der Waals surface area contributed by atoms with E-state index in [1.54, 1.807) is 0 Å². The second-order valence-corrected chi connectivity index (χ2v) is 5.00. The minimum absolute atomic E-state index is 0.706. The predicted octanol–water partition coefficient (Wildman–Crippen LogP) is 1.74. The van der Waals surface area contributed by atoms with Gasteiger partial charge >= 0.3 is 0 Å². The fourth-order valence-corrected chi connectivity index (χ4v) is 2.31. The molecule has 1 aromatic rings. The van der Waals surface area contributed by atoms with Gasteiger partial charge in [0.25, 0.3) is 0 Å². The van der Waals surface area contributed by atoms with E-state index in [0.29, 0.717) is 6.61 Å². The summed E-state index contributed by atoms with van der Waals surface area (Å²) in [5, 5.41) is 3.48. The topological polar surface area (TPSA) is 27.7 Å². The number of nitrogens with one attached hydrogen (secondary N) is 1. The molecule has 0 spiro atoms. The summed E-state index contributed by atoms with van der Waals surface area (Å²) in [5.74, 6) is 0.948. The van der Waals surface area contributed by atoms with E-state index >= 15 is 0 Å². The lowest BCUT2D eigenvalue weighted by molar-refractivity contribution is 0.158. The maximum absolute atomic E-state index is 5.61. The minimum Gasteiger partial charge on any atom is -0.492 e. The van der Waals surface area contributed by atoms with Gasteiger partial charge in [-0.1, -0.05) is 12.1 Å². The Hall–Kier alpha value is -1.26. The Morgan fingerprint density at radius 1 is 1.16 bits per heavy atom. The van der Waals surface area contributed by atoms with E-state index in [4.69, 9.17) is 4.74 Å². The maximum Gasteiger partial charge on any atom is 0.142 e. The van der Waals surface area contributed by atoms with Crippen molar-refractivity contribution in [1.29, 1.82) is 0 Å². The lowest BCUT2D eigenvalue weighted by atomic mass is 10.3. The molecule has 1 aromatic carbocycles. The maximum atomic E-state index is 5.61. The first-order valence-corrected chi connectivity index (χ1v) is 7.16. The highest BCUT2D eigenvalue weighted by atomic mass is 16.5. The molecule has 0 bridgehead atoms. The molecule has 1 N–H and O–H groups in total. The molecule has 0 atom stereocenters. The number of hydrogen-bond donors (Lipinski definition) is 1. The summed E-state index contributed by atoms with van der Waals surface area (Å²) >= 11 is 0. The zero-order valence-electron chi connectivity index (χ0n) is 12.1. The Morgan fingerprint density at radius 3 is 2.63 bits per heavy atom. The van der Waals surface area contributed by atoms with Crippen molar-refractivity contribution in [3.63, 3.8) is 0 Å². The third kappa shape index (κ3) is 4.40. The third-order valence-electron chi connectivity index (χ3n) is 3.53. The minimum atomic E-state index is 0.706. The van der Waals surface area contributed by atoms with E-state index in [2.05, 4.69) is 28.2 Å². The number of ether oxygens (including phenoxy) is 1. The molecule has 0 aliphatic carbocycles. The second-order valence-electron chi connectivity index (χ2n) is 5.00. The molecule has 19 heavy (non-hydrogen) atoms. The molecule has 106 valence electrons. The number of para-hydroxylation sites is 2. The van der Waals surface area contributed by atoms with Crippen LogP contribution in [-0.4, -0.2) is 62.7 Å². The monoisotopic (exact) mass is 263 g/mol. The fourth-order valence-electron chi connectivity index (χ4n) is 2.31. The van der Waals surface area contributed by atoms with E-state index in [-0.39, 0.29) is 0 Å². The Morgan fingerprint density at radius 2 is 1.89 bits per heavy atom. The first-order chi connectivity index (χ1) is 9.29. The molecule has 0 unspecified atom stereocenters. The number of likely N-dealkylation sites (N-methyl/N-ethyl adjacent to an activating group) is 1. The van der Waals surface area contributed by atoms with Gasteiger partial charge < -0.3 is 15.0 Å². The SMILES string of the molecule is CCOc1ccccc1NCCN1CCN(C)CC1. The van der Waals surface area contributed by atoms with Gasteiger partial charge in [0.2, 0.25) is 0 Å². The molecule has 0 radical (unpaired) electrons. The molecule has 1 saturated heterocycles. The first kappa shape index (κ1) is 14.2. The summed E-state index contributed by atoms with van der Waals surface area (Å²) in [6.45, 7) is 9.47. The van der Waals surface area contributed by atoms with Crippen LogP contribution in [-0.2, 0) is 0 Å². The average Bonchev–Trinajstić information content (AvgIpc) is 2.43. The summed E-state index contributed by atoms with van der Waals surface area (Å²) in [7, 11) is 2.19. The zero-order chi connectivity index (χ0) is 13.5. The Bertz CT molecular complexity index is 375. The van der Waals surface area contributed by atoms with Crippen LogP contribution in [0.5, 0.6) is 5.75 Å². The van der Waals surface area contributed by atoms with Crippen LogP contribution in [0.3, 0.4) is 0 Å². The van der Waals surface area contributed by atoms with Gasteiger partial charge in [0.15, 0.2) is 0 Å². The van der Waals surface area contributed by atoms with Crippen molar-refractivity contribution in [2.24, 2.45) is 0 Å². The number of rotatable bonds is 6. The average molecular weight is 263 g/mol. The molecule has 0 aromatic heterocycles. The van der Waals surface area contributed by atoms with Crippen LogP contribution in [0.1, 0.15) is 6.92 Å². The Kier molecular flexibility index (Phi) is 5.48. The number of nitrogens with zero attached hydrogens (tertiary/aromatic N) is 2. The standard InChI is InChI=1S/C15H25N3O/c1-3-19-15-7-5-4-6-14(15)16-8-9-18-12-10-17(2)11-13-18/h4-7,16H,3,8-13H2,1-2H3. The first-order valence-electron chi connectivity index (χ1n) is 7.16. The number of anilines is 1. The van der Waals surface area contributed by atoms with Gasteiger partial charge in [0.1, 0.15) is 5.75 Å². The van der Waals surface area contributed by atoms with E-state index < -0.39 is 0 Å². The van der Waals surface area contributed by atoms with Crippen molar-refractivity contribution < 1.29 is 4.74 Å². The van der Waals surface area contributed by atoms with Crippen LogP contribution in [0.4, 0.5) is 5.69 Å². The summed E-state index contributed by atoms with van der Waals surface area (Å²) in [6, 6.07) is 8.15. The fraction of sp³-hybridized carbons (Fsp3) is 0.600. The van der Waals surface area contributed by atoms with E-state index in [0.717, 1.165) is 24.5 Å². The third-order valence-corrected chi connectivity index (χ3v) is 3.53. The molecular formula is C15H25N3O. The second kappa shape index (κ2) is 7.36. The Balaban J connectivity index is 1.76. The molecule has 1 aliphatic heterocycles. The van der Waals surface area contributed by atoms with Gasteiger partial charge in [-0.05, 0) is 26.1 Å². The van der Waals surface area contributed by atoms with Gasteiger partial charge in [-0.3, -0.25) is 4.90 Å². The van der Waals surface area contributed by atoms with Crippen LogP contribution in [0.25, 0.3) is 0 Å².